The summed E-state index contributed by atoms with van der Waals surface area (Å²) in [5.41, 5.74) is 0.739. The highest BCUT2D eigenvalue weighted by Crippen LogP contribution is 2.32. The second-order valence-electron chi connectivity index (χ2n) is 7.72. The highest BCUT2D eigenvalue weighted by Gasteiger charge is 2.30. The largest absolute Gasteiger partial charge is 0.394 e. The van der Waals surface area contributed by atoms with Crippen LogP contribution in [0.1, 0.15) is 40.5 Å². The first kappa shape index (κ1) is 22.3. The lowest BCUT2D eigenvalue weighted by molar-refractivity contribution is -0.117. The Labute approximate surface area is 193 Å². The third kappa shape index (κ3) is 4.34. The number of amides is 2. The van der Waals surface area contributed by atoms with Crippen molar-refractivity contribution in [2.45, 2.75) is 25.8 Å². The Kier molecular flexibility index (Phi) is 6.19. The Bertz CT molecular complexity index is 1210. The van der Waals surface area contributed by atoms with Crippen LogP contribution in [0.3, 0.4) is 0 Å². The first-order valence-electron chi connectivity index (χ1n) is 10.0. The van der Waals surface area contributed by atoms with E-state index in [-0.39, 0.29) is 39.6 Å². The molecule has 1 saturated carbocycles. The van der Waals surface area contributed by atoms with Crippen LogP contribution in [0.4, 0.5) is 5.82 Å². The molecule has 1 atom stereocenters. The number of carbonyl (C=O) groups excluding carboxylic acids is 3. The molecule has 2 amide bonds. The Morgan fingerprint density at radius 3 is 2.53 bits per heavy atom. The van der Waals surface area contributed by atoms with Crippen molar-refractivity contribution >= 4 is 57.6 Å². The quantitative estimate of drug-likeness (QED) is 0.505. The maximum absolute atomic E-state index is 13.3. The van der Waals surface area contributed by atoms with Gasteiger partial charge in [0.05, 0.1) is 27.7 Å². The van der Waals surface area contributed by atoms with Gasteiger partial charge in [-0.15, -0.1) is 0 Å². The first-order valence-corrected chi connectivity index (χ1v) is 10.8. The Hall–Kier alpha value is -2.94. The van der Waals surface area contributed by atoms with Crippen LogP contribution in [0.25, 0.3) is 10.9 Å². The number of aromatic nitrogens is 2. The molecule has 1 aliphatic rings. The van der Waals surface area contributed by atoms with E-state index in [0.717, 1.165) is 12.8 Å². The van der Waals surface area contributed by atoms with Crippen LogP contribution in [0.5, 0.6) is 0 Å². The van der Waals surface area contributed by atoms with Gasteiger partial charge in [-0.25, -0.2) is 4.98 Å². The number of fused-ring (bicyclic) bond motifs is 1. The summed E-state index contributed by atoms with van der Waals surface area (Å²) < 4.78 is 1.37. The van der Waals surface area contributed by atoms with Crippen LogP contribution in [-0.2, 0) is 4.79 Å². The summed E-state index contributed by atoms with van der Waals surface area (Å²) in [6.45, 7) is 1.43. The number of benzene rings is 1. The number of rotatable bonds is 6. The standard InChI is InChI=1S/C22H20Cl2N4O4/c1-11(10-29)26-21(31)13-8-15(23)18(16(24)9-13)22(32)28-7-5-14-17(28)4-6-25-19(14)27-20(30)12-2-3-12/h4-9,11-12,29H,2-3,10H2,1H3,(H,26,31)(H,25,27,30). The molecule has 2 heterocycles. The molecule has 0 saturated heterocycles. The van der Waals surface area contributed by atoms with Gasteiger partial charge in [0.1, 0.15) is 5.82 Å². The molecule has 1 aliphatic carbocycles. The van der Waals surface area contributed by atoms with Gasteiger partial charge in [0.2, 0.25) is 5.91 Å². The SMILES string of the molecule is CC(CO)NC(=O)c1cc(Cl)c(C(=O)n2ccc3c(NC(=O)C4CC4)nccc32)c(Cl)c1. The van der Waals surface area contributed by atoms with Gasteiger partial charge < -0.3 is 15.7 Å². The molecule has 4 rings (SSSR count). The number of aliphatic hydroxyl groups excluding tert-OH is 1. The smallest absolute Gasteiger partial charge is 0.265 e. The number of carbonyl (C=O) groups is 3. The number of nitrogens with zero attached hydrogens (tertiary/aromatic N) is 2. The lowest BCUT2D eigenvalue weighted by atomic mass is 10.1. The summed E-state index contributed by atoms with van der Waals surface area (Å²) >= 11 is 12.7. The minimum Gasteiger partial charge on any atom is -0.394 e. The van der Waals surface area contributed by atoms with E-state index in [1.807, 2.05) is 0 Å². The molecular weight excluding hydrogens is 455 g/mol. The summed E-state index contributed by atoms with van der Waals surface area (Å²) in [7, 11) is 0. The van der Waals surface area contributed by atoms with Crippen LogP contribution in [0.2, 0.25) is 10.0 Å². The van der Waals surface area contributed by atoms with Gasteiger partial charge in [-0.05, 0) is 44.0 Å². The van der Waals surface area contributed by atoms with Crippen LogP contribution >= 0.6 is 23.2 Å². The zero-order valence-corrected chi connectivity index (χ0v) is 18.6. The van der Waals surface area contributed by atoms with Gasteiger partial charge in [0, 0.05) is 35.3 Å². The maximum atomic E-state index is 13.3. The van der Waals surface area contributed by atoms with Crippen molar-refractivity contribution in [1.29, 1.82) is 0 Å². The Morgan fingerprint density at radius 2 is 1.91 bits per heavy atom. The van der Waals surface area contributed by atoms with Crippen molar-refractivity contribution in [3.63, 3.8) is 0 Å². The summed E-state index contributed by atoms with van der Waals surface area (Å²) in [5.74, 6) is -0.642. The molecule has 0 spiro atoms. The van der Waals surface area contributed by atoms with E-state index in [4.69, 9.17) is 28.3 Å². The normalized spacial score (nSPS) is 14.2. The molecule has 8 nitrogen and oxygen atoms in total. The van der Waals surface area contributed by atoms with Gasteiger partial charge in [-0.3, -0.25) is 19.0 Å². The van der Waals surface area contributed by atoms with E-state index in [9.17, 15) is 14.4 Å². The number of hydrogen-bond acceptors (Lipinski definition) is 5. The fourth-order valence-corrected chi connectivity index (χ4v) is 3.94. The molecule has 3 N–H and O–H groups in total. The van der Waals surface area contributed by atoms with Crippen molar-refractivity contribution in [3.8, 4) is 0 Å². The van der Waals surface area contributed by atoms with E-state index < -0.39 is 17.9 Å². The average Bonchev–Trinajstić information content (AvgIpc) is 3.52. The van der Waals surface area contributed by atoms with Gasteiger partial charge in [0.25, 0.3) is 11.8 Å². The Morgan fingerprint density at radius 1 is 1.22 bits per heavy atom. The molecule has 0 aliphatic heterocycles. The highest BCUT2D eigenvalue weighted by molar-refractivity contribution is 6.40. The second-order valence-corrected chi connectivity index (χ2v) is 8.53. The van der Waals surface area contributed by atoms with Gasteiger partial charge in [-0.2, -0.15) is 0 Å². The van der Waals surface area contributed by atoms with Crippen LogP contribution < -0.4 is 10.6 Å². The van der Waals surface area contributed by atoms with E-state index in [0.29, 0.717) is 16.7 Å². The lowest BCUT2D eigenvalue weighted by Crippen LogP contribution is -2.35. The maximum Gasteiger partial charge on any atom is 0.265 e. The fraction of sp³-hybridized carbons (Fsp3) is 0.273. The lowest BCUT2D eigenvalue weighted by Gasteiger charge is -2.13. The molecular formula is C22H20Cl2N4O4. The molecule has 3 aromatic rings. The van der Waals surface area contributed by atoms with Gasteiger partial charge >= 0.3 is 0 Å². The molecule has 2 aromatic heterocycles. The Balaban J connectivity index is 1.66. The van der Waals surface area contributed by atoms with Crippen molar-refractivity contribution in [3.05, 3.63) is 57.8 Å². The third-order valence-electron chi connectivity index (χ3n) is 5.19. The number of hydrogen-bond donors (Lipinski definition) is 3. The average molecular weight is 475 g/mol. The summed E-state index contributed by atoms with van der Waals surface area (Å²) in [5, 5.41) is 15.2. The van der Waals surface area contributed by atoms with Gasteiger partial charge in [-0.1, -0.05) is 23.2 Å². The molecule has 10 heteroatoms. The molecule has 166 valence electrons. The van der Waals surface area contributed by atoms with E-state index in [2.05, 4.69) is 15.6 Å². The van der Waals surface area contributed by atoms with Crippen LogP contribution in [0.15, 0.2) is 36.7 Å². The van der Waals surface area contributed by atoms with Crippen molar-refractivity contribution in [1.82, 2.24) is 14.9 Å². The number of pyridine rings is 1. The summed E-state index contributed by atoms with van der Waals surface area (Å²) in [6.07, 6.45) is 4.79. The number of halogens is 2. The predicted octanol–water partition coefficient (Wildman–Crippen LogP) is 3.49. The van der Waals surface area contributed by atoms with Crippen molar-refractivity contribution in [2.75, 3.05) is 11.9 Å². The third-order valence-corrected chi connectivity index (χ3v) is 5.79. The minimum absolute atomic E-state index is 0.0162. The molecule has 1 unspecified atom stereocenters. The van der Waals surface area contributed by atoms with E-state index >= 15 is 0 Å². The number of anilines is 1. The second kappa shape index (κ2) is 8.90. The highest BCUT2D eigenvalue weighted by atomic mass is 35.5. The molecule has 1 fully saturated rings. The number of nitrogens with one attached hydrogen (secondary N) is 2. The molecule has 32 heavy (non-hydrogen) atoms. The monoisotopic (exact) mass is 474 g/mol. The first-order chi connectivity index (χ1) is 15.3. The summed E-state index contributed by atoms with van der Waals surface area (Å²) in [4.78, 5) is 41.9. The van der Waals surface area contributed by atoms with Crippen LogP contribution in [0, 0.1) is 5.92 Å². The predicted molar refractivity (Wildman–Crippen MR) is 121 cm³/mol. The van der Waals surface area contributed by atoms with Gasteiger partial charge in [0.15, 0.2) is 0 Å². The molecule has 0 radical (unpaired) electrons. The van der Waals surface area contributed by atoms with E-state index in [1.165, 1.54) is 22.9 Å². The van der Waals surface area contributed by atoms with Crippen LogP contribution in [-0.4, -0.2) is 45.0 Å². The van der Waals surface area contributed by atoms with E-state index in [1.54, 1.807) is 25.3 Å². The zero-order chi connectivity index (χ0) is 23.0. The topological polar surface area (TPSA) is 113 Å². The summed E-state index contributed by atoms with van der Waals surface area (Å²) in [6, 6.07) is 5.60. The molecule has 0 bridgehead atoms. The number of aliphatic hydroxyl groups is 1. The minimum atomic E-state index is -0.489. The van der Waals surface area contributed by atoms with Crippen molar-refractivity contribution in [2.24, 2.45) is 5.92 Å². The fourth-order valence-electron chi connectivity index (χ4n) is 3.29. The van der Waals surface area contributed by atoms with Crippen molar-refractivity contribution < 1.29 is 19.5 Å². The zero-order valence-electron chi connectivity index (χ0n) is 17.1. The molecule has 1 aromatic carbocycles.